The van der Waals surface area contributed by atoms with E-state index in [9.17, 15) is 0 Å². The molecular formula is C16H25N5. The highest BCUT2D eigenvalue weighted by Crippen LogP contribution is 2.24. The van der Waals surface area contributed by atoms with Gasteiger partial charge in [-0.2, -0.15) is 5.10 Å². The van der Waals surface area contributed by atoms with Crippen molar-refractivity contribution >= 4 is 0 Å². The SMILES string of the molecule is Cc1nc(-c2cnn(C)c2)nc(C)c1C(C)CNC(C)C. The molecule has 0 amide bonds. The van der Waals surface area contributed by atoms with Gasteiger partial charge in [0, 0.05) is 37.2 Å². The van der Waals surface area contributed by atoms with E-state index < -0.39 is 0 Å². The second-order valence-electron chi connectivity index (χ2n) is 6.00. The fourth-order valence-corrected chi connectivity index (χ4v) is 2.62. The Kier molecular flexibility index (Phi) is 4.73. The monoisotopic (exact) mass is 287 g/mol. The van der Waals surface area contributed by atoms with Crippen LogP contribution in [0.15, 0.2) is 12.4 Å². The minimum Gasteiger partial charge on any atom is -0.314 e. The van der Waals surface area contributed by atoms with Gasteiger partial charge in [0.05, 0.1) is 11.8 Å². The van der Waals surface area contributed by atoms with Crippen molar-refractivity contribution in [2.75, 3.05) is 6.54 Å². The van der Waals surface area contributed by atoms with Crippen molar-refractivity contribution in [3.8, 4) is 11.4 Å². The average molecular weight is 287 g/mol. The largest absolute Gasteiger partial charge is 0.314 e. The van der Waals surface area contributed by atoms with E-state index in [0.717, 1.165) is 29.3 Å². The average Bonchev–Trinajstić information content (AvgIpc) is 2.82. The minimum atomic E-state index is 0.398. The van der Waals surface area contributed by atoms with Crippen molar-refractivity contribution in [1.82, 2.24) is 25.1 Å². The van der Waals surface area contributed by atoms with E-state index >= 15 is 0 Å². The van der Waals surface area contributed by atoms with Crippen molar-refractivity contribution < 1.29 is 0 Å². The third-order valence-electron chi connectivity index (χ3n) is 3.61. The smallest absolute Gasteiger partial charge is 0.162 e. The summed E-state index contributed by atoms with van der Waals surface area (Å²) in [5, 5.41) is 7.66. The Balaban J connectivity index is 2.29. The van der Waals surface area contributed by atoms with E-state index in [-0.39, 0.29) is 0 Å². The molecule has 2 aromatic rings. The number of hydrogen-bond donors (Lipinski definition) is 1. The summed E-state index contributed by atoms with van der Waals surface area (Å²) in [5.74, 6) is 1.15. The van der Waals surface area contributed by atoms with Crippen molar-refractivity contribution in [1.29, 1.82) is 0 Å². The predicted molar refractivity (Wildman–Crippen MR) is 85.3 cm³/mol. The van der Waals surface area contributed by atoms with Gasteiger partial charge in [0.1, 0.15) is 0 Å². The normalized spacial score (nSPS) is 12.9. The third kappa shape index (κ3) is 3.67. The number of aromatic nitrogens is 4. The van der Waals surface area contributed by atoms with Crippen LogP contribution in [-0.4, -0.2) is 32.3 Å². The van der Waals surface area contributed by atoms with Crippen LogP contribution in [0, 0.1) is 13.8 Å². The van der Waals surface area contributed by atoms with Gasteiger partial charge in [-0.15, -0.1) is 0 Å². The summed E-state index contributed by atoms with van der Waals surface area (Å²) < 4.78 is 1.77. The lowest BCUT2D eigenvalue weighted by molar-refractivity contribution is 0.544. The van der Waals surface area contributed by atoms with Crippen molar-refractivity contribution in [2.45, 2.75) is 46.6 Å². The summed E-state index contributed by atoms with van der Waals surface area (Å²) in [7, 11) is 1.90. The molecular weight excluding hydrogens is 262 g/mol. The van der Waals surface area contributed by atoms with Gasteiger partial charge in [0.15, 0.2) is 5.82 Å². The van der Waals surface area contributed by atoms with Crippen LogP contribution in [0.25, 0.3) is 11.4 Å². The first kappa shape index (κ1) is 15.6. The van der Waals surface area contributed by atoms with Gasteiger partial charge in [0.25, 0.3) is 0 Å². The maximum atomic E-state index is 4.67. The summed E-state index contributed by atoms with van der Waals surface area (Å²) in [5.41, 5.74) is 4.32. The van der Waals surface area contributed by atoms with Crippen LogP contribution in [0.4, 0.5) is 0 Å². The quantitative estimate of drug-likeness (QED) is 0.918. The Morgan fingerprint density at radius 1 is 1.14 bits per heavy atom. The zero-order chi connectivity index (χ0) is 15.6. The molecule has 0 aliphatic rings. The predicted octanol–water partition coefficient (Wildman–Crippen LogP) is 2.60. The molecule has 0 saturated heterocycles. The second-order valence-corrected chi connectivity index (χ2v) is 6.00. The van der Waals surface area contributed by atoms with E-state index in [2.05, 4.69) is 55.0 Å². The van der Waals surface area contributed by atoms with Gasteiger partial charge in [0.2, 0.25) is 0 Å². The Hall–Kier alpha value is -1.75. The lowest BCUT2D eigenvalue weighted by Crippen LogP contribution is -2.27. The first-order valence-electron chi connectivity index (χ1n) is 7.46. The molecule has 5 nitrogen and oxygen atoms in total. The van der Waals surface area contributed by atoms with Crippen LogP contribution < -0.4 is 5.32 Å². The maximum absolute atomic E-state index is 4.67. The zero-order valence-electron chi connectivity index (χ0n) is 13.8. The second kappa shape index (κ2) is 6.35. The highest BCUT2D eigenvalue weighted by molar-refractivity contribution is 5.53. The molecule has 1 unspecified atom stereocenters. The maximum Gasteiger partial charge on any atom is 0.162 e. The van der Waals surface area contributed by atoms with E-state index in [1.165, 1.54) is 5.56 Å². The molecule has 1 atom stereocenters. The molecule has 2 rings (SSSR count). The summed E-state index contributed by atoms with van der Waals surface area (Å²) in [6.07, 6.45) is 3.75. The van der Waals surface area contributed by atoms with Crippen LogP contribution >= 0.6 is 0 Å². The lowest BCUT2D eigenvalue weighted by Gasteiger charge is -2.19. The van der Waals surface area contributed by atoms with Crippen molar-refractivity contribution in [3.05, 3.63) is 29.3 Å². The summed E-state index contributed by atoms with van der Waals surface area (Å²) in [6, 6.07) is 0.489. The first-order valence-corrected chi connectivity index (χ1v) is 7.46. The Morgan fingerprint density at radius 3 is 2.24 bits per heavy atom. The molecule has 5 heteroatoms. The molecule has 0 radical (unpaired) electrons. The van der Waals surface area contributed by atoms with Crippen LogP contribution in [0.2, 0.25) is 0 Å². The number of rotatable bonds is 5. The van der Waals surface area contributed by atoms with Gasteiger partial charge in [-0.1, -0.05) is 20.8 Å². The van der Waals surface area contributed by atoms with Crippen LogP contribution in [0.1, 0.15) is 43.6 Å². The third-order valence-corrected chi connectivity index (χ3v) is 3.61. The fraction of sp³-hybridized carbons (Fsp3) is 0.562. The van der Waals surface area contributed by atoms with Crippen LogP contribution in [-0.2, 0) is 7.05 Å². The van der Waals surface area contributed by atoms with Crippen molar-refractivity contribution in [2.24, 2.45) is 7.05 Å². The summed E-state index contributed by atoms with van der Waals surface area (Å²) in [6.45, 7) is 11.6. The van der Waals surface area contributed by atoms with E-state index in [4.69, 9.17) is 0 Å². The van der Waals surface area contributed by atoms with Gasteiger partial charge < -0.3 is 5.32 Å². The highest BCUT2D eigenvalue weighted by Gasteiger charge is 2.16. The molecule has 21 heavy (non-hydrogen) atoms. The molecule has 0 bridgehead atoms. The molecule has 0 saturated carbocycles. The van der Waals surface area contributed by atoms with Crippen LogP contribution in [0.3, 0.4) is 0 Å². The van der Waals surface area contributed by atoms with E-state index in [1.54, 1.807) is 10.9 Å². The molecule has 0 aliphatic heterocycles. The number of nitrogens with zero attached hydrogens (tertiary/aromatic N) is 4. The standard InChI is InChI=1S/C16H25N5/c1-10(2)17-7-11(3)15-12(4)19-16(20-13(15)5)14-8-18-21(6)9-14/h8-11,17H,7H2,1-6H3. The Labute approximate surface area is 126 Å². The lowest BCUT2D eigenvalue weighted by atomic mass is 9.97. The van der Waals surface area contributed by atoms with Crippen LogP contribution in [0.5, 0.6) is 0 Å². The molecule has 0 spiro atoms. The Morgan fingerprint density at radius 2 is 1.76 bits per heavy atom. The van der Waals surface area contributed by atoms with E-state index in [0.29, 0.717) is 12.0 Å². The first-order chi connectivity index (χ1) is 9.88. The molecule has 114 valence electrons. The number of aryl methyl sites for hydroxylation is 3. The summed E-state index contributed by atoms with van der Waals surface area (Å²) >= 11 is 0. The van der Waals surface area contributed by atoms with Gasteiger partial charge in [-0.3, -0.25) is 4.68 Å². The summed E-state index contributed by atoms with van der Waals surface area (Å²) in [4.78, 5) is 9.35. The molecule has 0 aliphatic carbocycles. The van der Waals surface area contributed by atoms with Gasteiger partial charge in [-0.05, 0) is 25.3 Å². The highest BCUT2D eigenvalue weighted by atomic mass is 15.2. The Bertz CT molecular complexity index is 592. The minimum absolute atomic E-state index is 0.398. The molecule has 0 fully saturated rings. The number of nitrogens with one attached hydrogen (secondary N) is 1. The topological polar surface area (TPSA) is 55.6 Å². The zero-order valence-corrected chi connectivity index (χ0v) is 13.8. The van der Waals surface area contributed by atoms with E-state index in [1.807, 2.05) is 13.2 Å². The molecule has 2 heterocycles. The molecule has 1 N–H and O–H groups in total. The van der Waals surface area contributed by atoms with Gasteiger partial charge >= 0.3 is 0 Å². The fourth-order valence-electron chi connectivity index (χ4n) is 2.62. The molecule has 2 aromatic heterocycles. The van der Waals surface area contributed by atoms with Crippen molar-refractivity contribution in [3.63, 3.8) is 0 Å². The molecule has 0 aromatic carbocycles. The van der Waals surface area contributed by atoms with Gasteiger partial charge in [-0.25, -0.2) is 9.97 Å². The number of hydrogen-bond acceptors (Lipinski definition) is 4.